The van der Waals surface area contributed by atoms with Crippen LogP contribution in [0, 0.1) is 17.8 Å². The lowest BCUT2D eigenvalue weighted by molar-refractivity contribution is -0.0714. The first-order valence-corrected chi connectivity index (χ1v) is 14.5. The predicted octanol–water partition coefficient (Wildman–Crippen LogP) is 4.05. The highest BCUT2D eigenvalue weighted by Gasteiger charge is 2.58. The van der Waals surface area contributed by atoms with Crippen molar-refractivity contribution < 1.29 is 27.4 Å². The zero-order valence-corrected chi connectivity index (χ0v) is 24.0. The second-order valence-electron chi connectivity index (χ2n) is 10.7. The van der Waals surface area contributed by atoms with Gasteiger partial charge in [-0.2, -0.15) is 13.2 Å². The van der Waals surface area contributed by atoms with E-state index in [1.165, 1.54) is 31.0 Å². The molecule has 222 valence electrons. The summed E-state index contributed by atoms with van der Waals surface area (Å²) in [4.78, 5) is 19.0. The maximum atomic E-state index is 13.6. The Balaban J connectivity index is 1.23. The van der Waals surface area contributed by atoms with E-state index < -0.39 is 5.51 Å². The number of fused-ring (bicyclic) bond motifs is 2. The van der Waals surface area contributed by atoms with Crippen molar-refractivity contribution in [1.82, 2.24) is 19.6 Å². The Morgan fingerprint density at radius 2 is 2.14 bits per heavy atom. The smallest absolute Gasteiger partial charge is 0.447 e. The van der Waals surface area contributed by atoms with Crippen LogP contribution in [-0.4, -0.2) is 84.3 Å². The molecule has 0 bridgehead atoms. The molecule has 3 aliphatic rings. The van der Waals surface area contributed by atoms with Gasteiger partial charge in [0.25, 0.3) is 5.91 Å². The van der Waals surface area contributed by atoms with Gasteiger partial charge in [0.1, 0.15) is 10.8 Å². The van der Waals surface area contributed by atoms with Gasteiger partial charge in [0.15, 0.2) is 5.82 Å². The molecule has 6 rings (SSSR count). The van der Waals surface area contributed by atoms with Crippen LogP contribution in [0.2, 0.25) is 0 Å². The van der Waals surface area contributed by atoms with Gasteiger partial charge in [-0.15, -0.1) is 0 Å². The van der Waals surface area contributed by atoms with Gasteiger partial charge < -0.3 is 29.8 Å². The third kappa shape index (κ3) is 5.71. The minimum Gasteiger partial charge on any atom is -0.495 e. The molecule has 13 heteroatoms. The summed E-state index contributed by atoms with van der Waals surface area (Å²) in [6.07, 6.45) is 5.02. The number of halogens is 3. The molecule has 1 amide bonds. The van der Waals surface area contributed by atoms with E-state index in [-0.39, 0.29) is 40.3 Å². The number of methoxy groups -OCH3 is 1. The molecule has 42 heavy (non-hydrogen) atoms. The van der Waals surface area contributed by atoms with Crippen molar-refractivity contribution in [3.8, 4) is 17.6 Å². The number of hydrogen-bond donors (Lipinski definition) is 3. The fourth-order valence-corrected chi connectivity index (χ4v) is 6.45. The zero-order chi connectivity index (χ0) is 29.5. The highest BCUT2D eigenvalue weighted by atomic mass is 32.2. The fourth-order valence-electron chi connectivity index (χ4n) is 5.75. The van der Waals surface area contributed by atoms with Gasteiger partial charge >= 0.3 is 5.51 Å². The number of hydrogen-bond acceptors (Lipinski definition) is 8. The van der Waals surface area contributed by atoms with Gasteiger partial charge in [-0.1, -0.05) is 11.8 Å². The molecule has 9 nitrogen and oxygen atoms in total. The molecular weight excluding hydrogens is 569 g/mol. The molecule has 3 fully saturated rings. The lowest BCUT2D eigenvalue weighted by Crippen LogP contribution is -2.53. The van der Waals surface area contributed by atoms with Crippen molar-refractivity contribution in [2.45, 2.75) is 35.0 Å². The van der Waals surface area contributed by atoms with Crippen LogP contribution >= 0.6 is 11.8 Å². The number of ether oxygens (including phenoxy) is 2. The van der Waals surface area contributed by atoms with Crippen LogP contribution < -0.4 is 20.7 Å². The van der Waals surface area contributed by atoms with Crippen LogP contribution in [-0.2, 0) is 4.74 Å². The van der Waals surface area contributed by atoms with Crippen molar-refractivity contribution in [2.75, 3.05) is 57.6 Å². The molecule has 2 saturated heterocycles. The van der Waals surface area contributed by atoms with Crippen LogP contribution in [0.25, 0.3) is 5.52 Å². The molecule has 4 heterocycles. The molecule has 2 aliphatic heterocycles. The number of thioether (sulfide) groups is 1. The lowest BCUT2D eigenvalue weighted by Gasteiger charge is -2.41. The van der Waals surface area contributed by atoms with Gasteiger partial charge in [0.2, 0.25) is 0 Å². The number of amides is 1. The van der Waals surface area contributed by atoms with Crippen molar-refractivity contribution in [3.63, 3.8) is 0 Å². The van der Waals surface area contributed by atoms with Crippen LogP contribution in [0.3, 0.4) is 0 Å². The summed E-state index contributed by atoms with van der Waals surface area (Å²) in [5, 5.41) is 9.26. The van der Waals surface area contributed by atoms with E-state index >= 15 is 0 Å². The highest BCUT2D eigenvalue weighted by molar-refractivity contribution is 8.00. The summed E-state index contributed by atoms with van der Waals surface area (Å²) >= 11 is -0.190. The van der Waals surface area contributed by atoms with E-state index in [0.717, 1.165) is 39.1 Å². The molecule has 3 aromatic rings. The van der Waals surface area contributed by atoms with Crippen LogP contribution in [0.1, 0.15) is 28.8 Å². The average molecular weight is 601 g/mol. The first kappa shape index (κ1) is 28.5. The van der Waals surface area contributed by atoms with E-state index in [9.17, 15) is 18.0 Å². The van der Waals surface area contributed by atoms with Gasteiger partial charge in [0.05, 0.1) is 49.7 Å². The third-order valence-electron chi connectivity index (χ3n) is 8.18. The summed E-state index contributed by atoms with van der Waals surface area (Å²) < 4.78 is 53.1. The van der Waals surface area contributed by atoms with Gasteiger partial charge in [-0.25, -0.2) is 4.98 Å². The van der Waals surface area contributed by atoms with E-state index in [1.807, 2.05) is 0 Å². The number of carbonyl (C=O) groups excluding carboxylic acids is 1. The number of nitrogens with zero attached hydrogens (tertiary/aromatic N) is 3. The summed E-state index contributed by atoms with van der Waals surface area (Å²) in [5.41, 5.74) is -2.79. The summed E-state index contributed by atoms with van der Waals surface area (Å²) in [5.74, 6) is 7.13. The van der Waals surface area contributed by atoms with E-state index in [1.54, 1.807) is 24.3 Å². The van der Waals surface area contributed by atoms with E-state index in [2.05, 4.69) is 37.7 Å². The first-order chi connectivity index (χ1) is 20.2. The van der Waals surface area contributed by atoms with Crippen molar-refractivity contribution in [3.05, 3.63) is 47.8 Å². The number of rotatable bonds is 8. The largest absolute Gasteiger partial charge is 0.495 e. The Morgan fingerprint density at radius 1 is 1.31 bits per heavy atom. The standard InChI is InChI=1S/C29H31F3N6O3S/c1-33-26(39)18-5-6-24(40-2)22(12-18)34-8-3-4-19-13-23-25(35-9-11-38(23)27(19)42-29(30,31)32)36-28-7-10-37(15-20(28)14-28)21-16-41-17-21/h5-6,9,11-13,20-21,34H,7-8,10,14-17H2,1-2H3,(H,33,39)(H,35,36). The summed E-state index contributed by atoms with van der Waals surface area (Å²) in [6.45, 7) is 3.63. The van der Waals surface area contributed by atoms with Crippen LogP contribution in [0.4, 0.5) is 24.7 Å². The molecule has 1 saturated carbocycles. The monoisotopic (exact) mass is 600 g/mol. The Kier molecular flexibility index (Phi) is 7.63. The Hall–Kier alpha value is -3.60. The van der Waals surface area contributed by atoms with Crippen LogP contribution in [0.15, 0.2) is 41.7 Å². The van der Waals surface area contributed by atoms with Crippen molar-refractivity contribution >= 4 is 34.7 Å². The lowest BCUT2D eigenvalue weighted by atomic mass is 10.0. The van der Waals surface area contributed by atoms with E-state index in [4.69, 9.17) is 9.47 Å². The minimum absolute atomic E-state index is 0.0145. The molecule has 2 atom stereocenters. The van der Waals surface area contributed by atoms with Crippen LogP contribution in [0.5, 0.6) is 5.75 Å². The SMILES string of the molecule is CNC(=O)c1ccc(OC)c(NCC#Cc2cc3c(NC45CCN(C6COC6)CC4C5)nccn3c2SC(F)(F)F)c1. The number of anilines is 2. The summed E-state index contributed by atoms with van der Waals surface area (Å²) in [7, 11) is 3.05. The number of aromatic nitrogens is 2. The second kappa shape index (κ2) is 11.2. The molecule has 2 aromatic heterocycles. The normalized spacial score (nSPS) is 22.0. The van der Waals surface area contributed by atoms with E-state index in [0.29, 0.717) is 40.3 Å². The fraction of sp³-hybridized carbons (Fsp3) is 0.448. The molecule has 0 radical (unpaired) electrons. The highest BCUT2D eigenvalue weighted by Crippen LogP contribution is 2.52. The maximum absolute atomic E-state index is 13.6. The Labute approximate surface area is 245 Å². The van der Waals surface area contributed by atoms with Gasteiger partial charge in [0, 0.05) is 55.4 Å². The molecule has 1 aliphatic carbocycles. The predicted molar refractivity (Wildman–Crippen MR) is 154 cm³/mol. The number of carbonyl (C=O) groups is 1. The Bertz CT molecular complexity index is 1560. The zero-order valence-electron chi connectivity index (χ0n) is 23.2. The second-order valence-corrected chi connectivity index (χ2v) is 11.8. The van der Waals surface area contributed by atoms with Crippen molar-refractivity contribution in [2.24, 2.45) is 5.92 Å². The number of benzene rings is 1. The molecular formula is C29H31F3N6O3S. The van der Waals surface area contributed by atoms with Gasteiger partial charge in [-0.3, -0.25) is 9.69 Å². The molecule has 2 unspecified atom stereocenters. The number of nitrogens with one attached hydrogen (secondary N) is 3. The minimum atomic E-state index is -4.49. The number of piperidine rings is 1. The molecule has 1 aromatic carbocycles. The molecule has 3 N–H and O–H groups in total. The third-order valence-corrected chi connectivity index (χ3v) is 9.02. The quantitative estimate of drug-likeness (QED) is 0.264. The topological polar surface area (TPSA) is 92.2 Å². The number of alkyl halides is 3. The first-order valence-electron chi connectivity index (χ1n) is 13.7. The maximum Gasteiger partial charge on any atom is 0.447 e. The summed E-state index contributed by atoms with van der Waals surface area (Å²) in [6, 6.07) is 7.09. The molecule has 0 spiro atoms. The number of likely N-dealkylation sites (tertiary alicyclic amines) is 1. The Morgan fingerprint density at radius 3 is 2.83 bits per heavy atom. The van der Waals surface area contributed by atoms with Crippen molar-refractivity contribution in [1.29, 1.82) is 0 Å². The average Bonchev–Trinajstić information content (AvgIpc) is 3.54. The van der Waals surface area contributed by atoms with Gasteiger partial charge in [-0.05, 0) is 43.0 Å².